The van der Waals surface area contributed by atoms with Crippen molar-refractivity contribution in [3.63, 3.8) is 0 Å². The van der Waals surface area contributed by atoms with Gasteiger partial charge in [-0.2, -0.15) is 0 Å². The van der Waals surface area contributed by atoms with Crippen LogP contribution in [-0.2, 0) is 0 Å². The van der Waals surface area contributed by atoms with E-state index in [0.717, 1.165) is 11.1 Å². The van der Waals surface area contributed by atoms with Crippen molar-refractivity contribution in [1.82, 2.24) is 0 Å². The Morgan fingerprint density at radius 3 is 2.84 bits per heavy atom. The highest BCUT2D eigenvalue weighted by Gasteiger charge is 2.07. The lowest BCUT2D eigenvalue weighted by Gasteiger charge is -2.10. The first kappa shape index (κ1) is 12.3. The van der Waals surface area contributed by atoms with Crippen LogP contribution in [0.3, 0.4) is 0 Å². The summed E-state index contributed by atoms with van der Waals surface area (Å²) < 4.78 is 14.4. The predicted octanol–water partition coefficient (Wildman–Crippen LogP) is 5.02. The van der Waals surface area contributed by atoms with Crippen LogP contribution >= 0.6 is 22.9 Å². The number of halogens is 2. The lowest BCUT2D eigenvalue weighted by Crippen LogP contribution is -1.97. The molecule has 3 N–H and O–H groups in total. The molecule has 1 aromatic heterocycles. The quantitative estimate of drug-likeness (QED) is 0.651. The molecule has 0 unspecified atom stereocenters. The van der Waals surface area contributed by atoms with E-state index in [1.807, 2.05) is 29.6 Å². The van der Waals surface area contributed by atoms with E-state index in [1.54, 1.807) is 11.3 Å². The van der Waals surface area contributed by atoms with Gasteiger partial charge in [-0.3, -0.25) is 0 Å². The normalized spacial score (nSPS) is 10.8. The van der Waals surface area contributed by atoms with Gasteiger partial charge in [-0.15, -0.1) is 11.3 Å². The highest BCUT2D eigenvalue weighted by Crippen LogP contribution is 2.31. The molecule has 0 saturated heterocycles. The average Bonchev–Trinajstić information content (AvgIpc) is 2.83. The van der Waals surface area contributed by atoms with Crippen LogP contribution in [0.2, 0.25) is 5.02 Å². The van der Waals surface area contributed by atoms with Gasteiger partial charge in [0, 0.05) is 16.5 Å². The topological polar surface area (TPSA) is 38.0 Å². The Kier molecular flexibility index (Phi) is 3.05. The molecule has 2 nitrogen and oxygen atoms in total. The summed E-state index contributed by atoms with van der Waals surface area (Å²) in [7, 11) is 0. The van der Waals surface area contributed by atoms with Gasteiger partial charge in [-0.05, 0) is 41.1 Å². The highest BCUT2D eigenvalue weighted by atomic mass is 35.5. The molecule has 0 aliphatic carbocycles. The third kappa shape index (κ3) is 2.37. The molecule has 2 aromatic carbocycles. The van der Waals surface area contributed by atoms with Crippen LogP contribution in [0.5, 0.6) is 0 Å². The van der Waals surface area contributed by atoms with E-state index in [9.17, 15) is 4.39 Å². The molecule has 0 amide bonds. The molecule has 19 heavy (non-hydrogen) atoms. The molecule has 0 spiro atoms. The fraction of sp³-hybridized carbons (Fsp3) is 0. The van der Waals surface area contributed by atoms with Crippen LogP contribution in [-0.4, -0.2) is 0 Å². The summed E-state index contributed by atoms with van der Waals surface area (Å²) >= 11 is 7.45. The highest BCUT2D eigenvalue weighted by molar-refractivity contribution is 7.17. The van der Waals surface area contributed by atoms with Gasteiger partial charge in [-0.1, -0.05) is 11.6 Å². The molecule has 0 aliphatic heterocycles. The standard InChI is InChI=1S/C14H10ClFN2S/c15-10-6-13(12(17)7-11(10)16)18-9-1-2-14-8(5-9)3-4-19-14/h1-7,18H,17H2. The summed E-state index contributed by atoms with van der Waals surface area (Å²) in [5.41, 5.74) is 7.59. The second-order valence-electron chi connectivity index (χ2n) is 4.15. The van der Waals surface area contributed by atoms with E-state index >= 15 is 0 Å². The molecular weight excluding hydrogens is 283 g/mol. The van der Waals surface area contributed by atoms with E-state index < -0.39 is 5.82 Å². The van der Waals surface area contributed by atoms with E-state index in [2.05, 4.69) is 5.32 Å². The molecule has 0 bridgehead atoms. The minimum absolute atomic E-state index is 0.0494. The van der Waals surface area contributed by atoms with Crippen LogP contribution in [0.25, 0.3) is 10.1 Å². The Balaban J connectivity index is 1.98. The minimum atomic E-state index is -0.516. The van der Waals surface area contributed by atoms with Gasteiger partial charge in [0.05, 0.1) is 16.4 Å². The number of rotatable bonds is 2. The largest absolute Gasteiger partial charge is 0.397 e. The zero-order valence-electron chi connectivity index (χ0n) is 9.78. The molecule has 5 heteroatoms. The fourth-order valence-corrected chi connectivity index (χ4v) is 2.80. The van der Waals surface area contributed by atoms with Crippen molar-refractivity contribution in [3.8, 4) is 0 Å². The maximum absolute atomic E-state index is 13.2. The van der Waals surface area contributed by atoms with Gasteiger partial charge >= 0.3 is 0 Å². The monoisotopic (exact) mass is 292 g/mol. The van der Waals surface area contributed by atoms with Gasteiger partial charge in [0.2, 0.25) is 0 Å². The second-order valence-corrected chi connectivity index (χ2v) is 5.51. The summed E-state index contributed by atoms with van der Waals surface area (Å²) in [5.74, 6) is -0.516. The molecule has 0 aliphatic rings. The zero-order valence-corrected chi connectivity index (χ0v) is 11.4. The van der Waals surface area contributed by atoms with Crippen LogP contribution in [0.15, 0.2) is 41.8 Å². The maximum atomic E-state index is 13.2. The summed E-state index contributed by atoms with van der Waals surface area (Å²) in [4.78, 5) is 0. The summed E-state index contributed by atoms with van der Waals surface area (Å²) in [6.45, 7) is 0. The number of nitrogen functional groups attached to an aromatic ring is 1. The first-order valence-electron chi connectivity index (χ1n) is 5.62. The Bertz CT molecular complexity index is 754. The Hall–Kier alpha value is -1.78. The number of nitrogens with two attached hydrogens (primary N) is 1. The maximum Gasteiger partial charge on any atom is 0.143 e. The Morgan fingerprint density at radius 1 is 1.16 bits per heavy atom. The van der Waals surface area contributed by atoms with Crippen LogP contribution < -0.4 is 11.1 Å². The number of nitrogens with one attached hydrogen (secondary N) is 1. The first-order chi connectivity index (χ1) is 9.13. The molecule has 3 aromatic rings. The fourth-order valence-electron chi connectivity index (χ4n) is 1.87. The number of hydrogen-bond acceptors (Lipinski definition) is 3. The van der Waals surface area contributed by atoms with Crippen LogP contribution in [0.1, 0.15) is 0 Å². The lowest BCUT2D eigenvalue weighted by atomic mass is 10.2. The lowest BCUT2D eigenvalue weighted by molar-refractivity contribution is 0.629. The van der Waals surface area contributed by atoms with Gasteiger partial charge in [-0.25, -0.2) is 4.39 Å². The van der Waals surface area contributed by atoms with E-state index in [0.29, 0.717) is 11.4 Å². The van der Waals surface area contributed by atoms with E-state index in [-0.39, 0.29) is 5.02 Å². The predicted molar refractivity (Wildman–Crippen MR) is 80.9 cm³/mol. The van der Waals surface area contributed by atoms with Crippen molar-refractivity contribution in [2.24, 2.45) is 0 Å². The van der Waals surface area contributed by atoms with Gasteiger partial charge < -0.3 is 11.1 Å². The molecule has 0 fully saturated rings. The number of fused-ring (bicyclic) bond motifs is 1. The molecule has 0 radical (unpaired) electrons. The van der Waals surface area contributed by atoms with E-state index in [4.69, 9.17) is 17.3 Å². The number of hydrogen-bond donors (Lipinski definition) is 2. The minimum Gasteiger partial charge on any atom is -0.397 e. The van der Waals surface area contributed by atoms with Crippen molar-refractivity contribution in [1.29, 1.82) is 0 Å². The van der Waals surface area contributed by atoms with Gasteiger partial charge in [0.1, 0.15) is 5.82 Å². The van der Waals surface area contributed by atoms with Crippen molar-refractivity contribution < 1.29 is 4.39 Å². The first-order valence-corrected chi connectivity index (χ1v) is 6.88. The van der Waals surface area contributed by atoms with Crippen molar-refractivity contribution in [3.05, 3.63) is 52.6 Å². The summed E-state index contributed by atoms with van der Waals surface area (Å²) in [6, 6.07) is 10.8. The SMILES string of the molecule is Nc1cc(F)c(Cl)cc1Nc1ccc2sccc2c1. The second kappa shape index (κ2) is 4.72. The van der Waals surface area contributed by atoms with Crippen LogP contribution in [0, 0.1) is 5.82 Å². The molecular formula is C14H10ClFN2S. The molecule has 0 saturated carbocycles. The molecule has 0 atom stereocenters. The van der Waals surface area contributed by atoms with Crippen molar-refractivity contribution in [2.75, 3.05) is 11.1 Å². The average molecular weight is 293 g/mol. The number of thiophene rings is 1. The Labute approximate surface area is 118 Å². The van der Waals surface area contributed by atoms with Crippen LogP contribution in [0.4, 0.5) is 21.5 Å². The molecule has 1 heterocycles. The van der Waals surface area contributed by atoms with Crippen molar-refractivity contribution >= 4 is 50.1 Å². The van der Waals surface area contributed by atoms with Gasteiger partial charge in [0.15, 0.2) is 0 Å². The summed E-state index contributed by atoms with van der Waals surface area (Å²) in [6.07, 6.45) is 0. The smallest absolute Gasteiger partial charge is 0.143 e. The molecule has 3 rings (SSSR count). The molecule has 96 valence electrons. The van der Waals surface area contributed by atoms with E-state index in [1.165, 1.54) is 16.8 Å². The van der Waals surface area contributed by atoms with Crippen molar-refractivity contribution in [2.45, 2.75) is 0 Å². The number of benzene rings is 2. The zero-order chi connectivity index (χ0) is 13.4. The summed E-state index contributed by atoms with van der Waals surface area (Å²) in [5, 5.41) is 6.39. The van der Waals surface area contributed by atoms with Gasteiger partial charge in [0.25, 0.3) is 0 Å². The number of anilines is 3. The third-order valence-corrected chi connectivity index (χ3v) is 4.01. The third-order valence-electron chi connectivity index (χ3n) is 2.82. The Morgan fingerprint density at radius 2 is 2.00 bits per heavy atom.